The number of aromatic nitrogens is 2. The van der Waals surface area contributed by atoms with Crippen molar-refractivity contribution in [1.82, 2.24) is 10.1 Å². The smallest absolute Gasteiger partial charge is 0.439 e. The number of aromatic amines is 1. The fourth-order valence-electron chi connectivity index (χ4n) is 3.05. The van der Waals surface area contributed by atoms with E-state index in [2.05, 4.69) is 32.1 Å². The van der Waals surface area contributed by atoms with Gasteiger partial charge in [-0.3, -0.25) is 14.3 Å². The maximum atomic E-state index is 12.4. The van der Waals surface area contributed by atoms with Crippen LogP contribution in [0.5, 0.6) is 5.75 Å². The number of carbonyl (C=O) groups is 1. The van der Waals surface area contributed by atoms with Gasteiger partial charge in [0, 0.05) is 17.7 Å². The lowest BCUT2D eigenvalue weighted by Gasteiger charge is -2.12. The van der Waals surface area contributed by atoms with E-state index in [9.17, 15) is 9.59 Å². The van der Waals surface area contributed by atoms with Gasteiger partial charge in [0.1, 0.15) is 5.75 Å². The molecule has 7 nitrogen and oxygen atoms in total. The van der Waals surface area contributed by atoms with Gasteiger partial charge in [0.2, 0.25) is 0 Å². The second-order valence-electron chi connectivity index (χ2n) is 6.63. The summed E-state index contributed by atoms with van der Waals surface area (Å²) in [6, 6.07) is 24.7. The highest BCUT2D eigenvalue weighted by Gasteiger charge is 2.10. The fraction of sp³-hybridized carbons (Fsp3) is 0.0870. The zero-order chi connectivity index (χ0) is 20.8. The predicted molar refractivity (Wildman–Crippen MR) is 112 cm³/mol. The summed E-state index contributed by atoms with van der Waals surface area (Å²) in [5.74, 6) is 0.0323. The molecule has 0 spiro atoms. The van der Waals surface area contributed by atoms with Crippen LogP contribution in [0.4, 0.5) is 5.69 Å². The number of anilines is 1. The van der Waals surface area contributed by atoms with E-state index in [-0.39, 0.29) is 12.5 Å². The van der Waals surface area contributed by atoms with E-state index in [1.54, 1.807) is 24.3 Å². The standard InChI is InChI=1S/C23H19N3O4/c27-21(24-19-11-6-10-18(14-19)22-25-23(28)30-26-22)15-29-20-12-5-4-9-17(20)13-16-7-2-1-3-8-16/h1-12,14H,13,15H2,(H,24,27)(H,25,26,28). The van der Waals surface area contributed by atoms with Crippen molar-refractivity contribution in [3.63, 3.8) is 0 Å². The van der Waals surface area contributed by atoms with Gasteiger partial charge in [0.15, 0.2) is 12.4 Å². The summed E-state index contributed by atoms with van der Waals surface area (Å²) in [7, 11) is 0. The largest absolute Gasteiger partial charge is 0.483 e. The summed E-state index contributed by atoms with van der Waals surface area (Å²) < 4.78 is 10.3. The molecule has 0 aliphatic rings. The van der Waals surface area contributed by atoms with Crippen LogP contribution in [0.3, 0.4) is 0 Å². The lowest BCUT2D eigenvalue weighted by molar-refractivity contribution is -0.118. The summed E-state index contributed by atoms with van der Waals surface area (Å²) in [5.41, 5.74) is 3.35. The zero-order valence-electron chi connectivity index (χ0n) is 16.0. The number of amides is 1. The molecule has 30 heavy (non-hydrogen) atoms. The minimum Gasteiger partial charge on any atom is -0.483 e. The van der Waals surface area contributed by atoms with E-state index >= 15 is 0 Å². The topological polar surface area (TPSA) is 97.2 Å². The van der Waals surface area contributed by atoms with Crippen molar-refractivity contribution in [1.29, 1.82) is 0 Å². The Balaban J connectivity index is 1.39. The number of hydrogen-bond donors (Lipinski definition) is 2. The van der Waals surface area contributed by atoms with Crippen LogP contribution in [0, 0.1) is 0 Å². The summed E-state index contributed by atoms with van der Waals surface area (Å²) in [6.45, 7) is -0.128. The van der Waals surface area contributed by atoms with Crippen LogP contribution in [0.15, 0.2) is 88.2 Å². The van der Waals surface area contributed by atoms with Gasteiger partial charge >= 0.3 is 5.76 Å². The molecule has 0 saturated heterocycles. The third-order valence-corrected chi connectivity index (χ3v) is 4.43. The number of nitrogens with one attached hydrogen (secondary N) is 2. The van der Waals surface area contributed by atoms with Crippen LogP contribution in [0.25, 0.3) is 11.4 Å². The van der Waals surface area contributed by atoms with E-state index in [0.29, 0.717) is 22.8 Å². The maximum Gasteiger partial charge on any atom is 0.439 e. The highest BCUT2D eigenvalue weighted by molar-refractivity contribution is 5.92. The van der Waals surface area contributed by atoms with E-state index < -0.39 is 5.76 Å². The molecule has 1 aromatic heterocycles. The monoisotopic (exact) mass is 401 g/mol. The van der Waals surface area contributed by atoms with Gasteiger partial charge in [-0.2, -0.15) is 0 Å². The molecule has 0 unspecified atom stereocenters. The zero-order valence-corrected chi connectivity index (χ0v) is 16.0. The lowest BCUT2D eigenvalue weighted by atomic mass is 10.0. The van der Waals surface area contributed by atoms with Crippen molar-refractivity contribution >= 4 is 11.6 Å². The average Bonchev–Trinajstić information content (AvgIpc) is 3.20. The van der Waals surface area contributed by atoms with Crippen LogP contribution in [-0.2, 0) is 11.2 Å². The Morgan fingerprint density at radius 2 is 1.80 bits per heavy atom. The Morgan fingerprint density at radius 1 is 1.00 bits per heavy atom. The molecule has 3 aromatic carbocycles. The quantitative estimate of drug-likeness (QED) is 0.493. The predicted octanol–water partition coefficient (Wildman–Crippen LogP) is 3.64. The number of H-pyrrole nitrogens is 1. The molecule has 0 saturated carbocycles. The van der Waals surface area contributed by atoms with Crippen molar-refractivity contribution in [2.45, 2.75) is 6.42 Å². The lowest BCUT2D eigenvalue weighted by Crippen LogP contribution is -2.20. The van der Waals surface area contributed by atoms with Gasteiger partial charge in [-0.25, -0.2) is 4.79 Å². The third kappa shape index (κ3) is 4.82. The molecule has 0 fully saturated rings. The molecule has 0 bridgehead atoms. The first-order chi connectivity index (χ1) is 14.7. The summed E-state index contributed by atoms with van der Waals surface area (Å²) in [5, 5.41) is 6.43. The highest BCUT2D eigenvalue weighted by atomic mass is 16.5. The molecule has 1 heterocycles. The number of para-hydroxylation sites is 1. The van der Waals surface area contributed by atoms with E-state index in [1.807, 2.05) is 42.5 Å². The van der Waals surface area contributed by atoms with Gasteiger partial charge in [-0.1, -0.05) is 65.8 Å². The molecule has 2 N–H and O–H groups in total. The second kappa shape index (κ2) is 8.91. The van der Waals surface area contributed by atoms with Gasteiger partial charge in [-0.05, 0) is 29.3 Å². The Morgan fingerprint density at radius 3 is 2.60 bits per heavy atom. The maximum absolute atomic E-state index is 12.4. The molecular formula is C23H19N3O4. The first kappa shape index (κ1) is 19.2. The average molecular weight is 401 g/mol. The Labute approximate surface area is 172 Å². The summed E-state index contributed by atoms with van der Waals surface area (Å²) in [6.07, 6.45) is 0.719. The van der Waals surface area contributed by atoms with Crippen LogP contribution in [-0.4, -0.2) is 22.7 Å². The molecule has 1 amide bonds. The normalized spacial score (nSPS) is 10.5. The summed E-state index contributed by atoms with van der Waals surface area (Å²) in [4.78, 5) is 26.0. The second-order valence-corrected chi connectivity index (χ2v) is 6.63. The van der Waals surface area contributed by atoms with Crippen LogP contribution < -0.4 is 15.8 Å². The van der Waals surface area contributed by atoms with Crippen molar-refractivity contribution < 1.29 is 14.1 Å². The van der Waals surface area contributed by atoms with Crippen LogP contribution >= 0.6 is 0 Å². The number of benzene rings is 3. The van der Waals surface area contributed by atoms with E-state index in [1.165, 1.54) is 5.56 Å². The summed E-state index contributed by atoms with van der Waals surface area (Å²) >= 11 is 0. The molecule has 0 radical (unpaired) electrons. The molecule has 0 aliphatic carbocycles. The van der Waals surface area contributed by atoms with Gasteiger partial charge in [-0.15, -0.1) is 0 Å². The molecule has 4 rings (SSSR count). The van der Waals surface area contributed by atoms with E-state index in [4.69, 9.17) is 4.74 Å². The minimum absolute atomic E-state index is 0.128. The molecule has 0 atom stereocenters. The van der Waals surface area contributed by atoms with Crippen LogP contribution in [0.1, 0.15) is 11.1 Å². The number of ether oxygens (including phenoxy) is 1. The molecule has 150 valence electrons. The van der Waals surface area contributed by atoms with Gasteiger partial charge in [0.05, 0.1) is 0 Å². The van der Waals surface area contributed by atoms with E-state index in [0.717, 1.165) is 12.0 Å². The number of nitrogens with zero attached hydrogens (tertiary/aromatic N) is 1. The van der Waals surface area contributed by atoms with Gasteiger partial charge < -0.3 is 10.1 Å². The van der Waals surface area contributed by atoms with Crippen molar-refractivity contribution in [3.05, 3.63) is 101 Å². The fourth-order valence-corrected chi connectivity index (χ4v) is 3.05. The molecule has 7 heteroatoms. The minimum atomic E-state index is -0.637. The van der Waals surface area contributed by atoms with Crippen LogP contribution in [0.2, 0.25) is 0 Å². The number of rotatable bonds is 7. The first-order valence-electron chi connectivity index (χ1n) is 9.38. The molecule has 4 aromatic rings. The van der Waals surface area contributed by atoms with Crippen molar-refractivity contribution in [2.75, 3.05) is 11.9 Å². The Bertz CT molecular complexity index is 1200. The Hall–Kier alpha value is -4.13. The Kier molecular flexibility index (Phi) is 5.70. The third-order valence-electron chi connectivity index (χ3n) is 4.43. The number of hydrogen-bond acceptors (Lipinski definition) is 5. The van der Waals surface area contributed by atoms with Gasteiger partial charge in [0.25, 0.3) is 5.91 Å². The van der Waals surface area contributed by atoms with Crippen molar-refractivity contribution in [3.8, 4) is 17.1 Å². The van der Waals surface area contributed by atoms with Crippen molar-refractivity contribution in [2.24, 2.45) is 0 Å². The highest BCUT2D eigenvalue weighted by Crippen LogP contribution is 2.22. The number of carbonyl (C=O) groups excluding carboxylic acids is 1. The molecule has 0 aliphatic heterocycles. The SMILES string of the molecule is O=C(COc1ccccc1Cc1ccccc1)Nc1cccc(-c2noc(=O)[nH]2)c1. The molecular weight excluding hydrogens is 382 g/mol. The first-order valence-corrected chi connectivity index (χ1v) is 9.38.